The van der Waals surface area contributed by atoms with E-state index < -0.39 is 23.8 Å². The number of carbonyl (C=O) groups is 4. The number of hydrogen-bond donors (Lipinski definition) is 1. The molecule has 1 heterocycles. The minimum Gasteiger partial charge on any atom is -0.493 e. The Balaban J connectivity index is 1.91. The van der Waals surface area contributed by atoms with Crippen LogP contribution in [0.5, 0.6) is 11.5 Å². The molecule has 31 heavy (non-hydrogen) atoms. The molecule has 0 bridgehead atoms. The van der Waals surface area contributed by atoms with E-state index in [1.54, 1.807) is 30.3 Å². The molecule has 1 aliphatic heterocycles. The topological polar surface area (TPSA) is 111 Å². The first-order chi connectivity index (χ1) is 14.8. The van der Waals surface area contributed by atoms with Crippen LogP contribution in [0.2, 0.25) is 0 Å². The second-order valence-corrected chi connectivity index (χ2v) is 7.13. The molecule has 0 unspecified atom stereocenters. The molecule has 4 amide bonds. The lowest BCUT2D eigenvalue weighted by Gasteiger charge is -2.26. The minimum absolute atomic E-state index is 0.229. The van der Waals surface area contributed by atoms with Gasteiger partial charge in [0.25, 0.3) is 11.8 Å². The third-order valence-corrected chi connectivity index (χ3v) is 4.79. The Kier molecular flexibility index (Phi) is 6.71. The lowest BCUT2D eigenvalue weighted by atomic mass is 10.1. The van der Waals surface area contributed by atoms with Crippen LogP contribution in [-0.4, -0.2) is 44.6 Å². The van der Waals surface area contributed by atoms with E-state index >= 15 is 0 Å². The number of methoxy groups -OCH3 is 2. The van der Waals surface area contributed by atoms with Gasteiger partial charge in [-0.25, -0.2) is 14.5 Å². The number of carbonyl (C=O) groups excluding carboxylic acids is 4. The first kappa shape index (κ1) is 22.0. The Hall–Kier alpha value is -3.66. The average Bonchev–Trinajstić information content (AvgIpc) is 2.76. The molecule has 0 saturated carbocycles. The zero-order valence-corrected chi connectivity index (χ0v) is 18.1. The van der Waals surface area contributed by atoms with Gasteiger partial charge in [-0.05, 0) is 48.0 Å². The van der Waals surface area contributed by atoms with Gasteiger partial charge in [0.05, 0.1) is 19.9 Å². The van der Waals surface area contributed by atoms with Crippen LogP contribution in [0, 0.1) is 0 Å². The number of nitrogens with zero attached hydrogens (tertiary/aromatic N) is 1. The van der Waals surface area contributed by atoms with E-state index in [1.165, 1.54) is 32.4 Å². The van der Waals surface area contributed by atoms with E-state index in [0.29, 0.717) is 11.3 Å². The number of barbiturate groups is 1. The van der Waals surface area contributed by atoms with E-state index in [1.807, 2.05) is 0 Å². The van der Waals surface area contributed by atoms with Crippen LogP contribution in [0.15, 0.2) is 52.5 Å². The van der Waals surface area contributed by atoms with Gasteiger partial charge in [0, 0.05) is 4.47 Å². The van der Waals surface area contributed by atoms with Crippen molar-refractivity contribution in [2.24, 2.45) is 0 Å². The summed E-state index contributed by atoms with van der Waals surface area (Å²) < 4.78 is 15.9. The SMILES string of the molecule is COC(=O)COc1ccc(/C=C2/C(=O)NC(=O)N(c3ccc(Br)cc3)C2=O)cc1OC. The Morgan fingerprint density at radius 2 is 1.77 bits per heavy atom. The van der Waals surface area contributed by atoms with Crippen LogP contribution in [0.1, 0.15) is 5.56 Å². The molecule has 3 rings (SSSR count). The van der Waals surface area contributed by atoms with Crippen LogP contribution < -0.4 is 19.7 Å². The number of ether oxygens (including phenoxy) is 3. The van der Waals surface area contributed by atoms with Gasteiger partial charge >= 0.3 is 12.0 Å². The number of amides is 4. The number of benzene rings is 2. The predicted molar refractivity (Wildman–Crippen MR) is 114 cm³/mol. The lowest BCUT2D eigenvalue weighted by Crippen LogP contribution is -2.54. The molecule has 1 saturated heterocycles. The molecular formula is C21H17BrN2O7. The Morgan fingerprint density at radius 3 is 2.42 bits per heavy atom. The molecule has 9 nitrogen and oxygen atoms in total. The summed E-state index contributed by atoms with van der Waals surface area (Å²) >= 11 is 3.29. The molecule has 10 heteroatoms. The summed E-state index contributed by atoms with van der Waals surface area (Å²) in [6.45, 7) is -0.307. The fraction of sp³-hybridized carbons (Fsp3) is 0.143. The second kappa shape index (κ2) is 9.43. The number of imide groups is 2. The van der Waals surface area contributed by atoms with Gasteiger partial charge < -0.3 is 14.2 Å². The van der Waals surface area contributed by atoms with Crippen molar-refractivity contribution in [1.82, 2.24) is 5.32 Å². The summed E-state index contributed by atoms with van der Waals surface area (Å²) in [5.41, 5.74) is 0.534. The van der Waals surface area contributed by atoms with Gasteiger partial charge in [-0.15, -0.1) is 0 Å². The van der Waals surface area contributed by atoms with Crippen molar-refractivity contribution >= 4 is 51.5 Å². The van der Waals surface area contributed by atoms with Crippen molar-refractivity contribution in [3.63, 3.8) is 0 Å². The van der Waals surface area contributed by atoms with E-state index in [2.05, 4.69) is 26.0 Å². The maximum absolute atomic E-state index is 12.9. The summed E-state index contributed by atoms with van der Waals surface area (Å²) in [5, 5.41) is 2.16. The van der Waals surface area contributed by atoms with Crippen molar-refractivity contribution in [3.8, 4) is 11.5 Å². The zero-order valence-electron chi connectivity index (χ0n) is 16.5. The van der Waals surface area contributed by atoms with E-state index in [4.69, 9.17) is 9.47 Å². The number of esters is 1. The third-order valence-electron chi connectivity index (χ3n) is 4.26. The highest BCUT2D eigenvalue weighted by molar-refractivity contribution is 9.10. The van der Waals surface area contributed by atoms with Gasteiger partial charge in [0.15, 0.2) is 18.1 Å². The molecule has 0 aromatic heterocycles. The number of rotatable bonds is 6. The van der Waals surface area contributed by atoms with Gasteiger partial charge in [-0.2, -0.15) is 0 Å². The molecular weight excluding hydrogens is 472 g/mol. The van der Waals surface area contributed by atoms with E-state index in [-0.39, 0.29) is 23.7 Å². The van der Waals surface area contributed by atoms with Crippen molar-refractivity contribution in [3.05, 3.63) is 58.1 Å². The normalized spacial score (nSPS) is 15.0. The first-order valence-corrected chi connectivity index (χ1v) is 9.68. The fourth-order valence-corrected chi connectivity index (χ4v) is 3.00. The quantitative estimate of drug-likeness (QED) is 0.377. The van der Waals surface area contributed by atoms with Crippen molar-refractivity contribution < 1.29 is 33.4 Å². The number of halogens is 1. The van der Waals surface area contributed by atoms with Crippen LogP contribution >= 0.6 is 15.9 Å². The minimum atomic E-state index is -0.835. The molecule has 0 spiro atoms. The first-order valence-electron chi connectivity index (χ1n) is 8.88. The molecule has 0 atom stereocenters. The lowest BCUT2D eigenvalue weighted by molar-refractivity contribution is -0.143. The van der Waals surface area contributed by atoms with Crippen molar-refractivity contribution in [2.45, 2.75) is 0 Å². The van der Waals surface area contributed by atoms with E-state index in [9.17, 15) is 19.2 Å². The van der Waals surface area contributed by atoms with E-state index in [0.717, 1.165) is 9.37 Å². The average molecular weight is 489 g/mol. The van der Waals surface area contributed by atoms with Crippen LogP contribution in [-0.2, 0) is 19.1 Å². The molecule has 1 aliphatic rings. The van der Waals surface area contributed by atoms with Crippen LogP contribution in [0.25, 0.3) is 6.08 Å². The fourth-order valence-electron chi connectivity index (χ4n) is 2.74. The van der Waals surface area contributed by atoms with Crippen LogP contribution in [0.4, 0.5) is 10.5 Å². The standard InChI is InChI=1S/C21H17BrN2O7/c1-29-17-10-12(3-8-16(17)31-11-18(25)30-2)9-15-19(26)23-21(28)24(20(15)27)14-6-4-13(22)5-7-14/h3-10H,11H2,1-2H3,(H,23,26,28)/b15-9-. The molecule has 1 fully saturated rings. The molecule has 0 aliphatic carbocycles. The smallest absolute Gasteiger partial charge is 0.343 e. The summed E-state index contributed by atoms with van der Waals surface area (Å²) in [5.74, 6) is -1.58. The number of anilines is 1. The van der Waals surface area contributed by atoms with Gasteiger partial charge in [0.1, 0.15) is 5.57 Å². The van der Waals surface area contributed by atoms with Gasteiger partial charge in [-0.1, -0.05) is 22.0 Å². The predicted octanol–water partition coefficient (Wildman–Crippen LogP) is 2.68. The molecule has 0 radical (unpaired) electrons. The van der Waals surface area contributed by atoms with Crippen molar-refractivity contribution in [1.29, 1.82) is 0 Å². The van der Waals surface area contributed by atoms with Crippen molar-refractivity contribution in [2.75, 3.05) is 25.7 Å². The summed E-state index contributed by atoms with van der Waals surface area (Å²) in [6.07, 6.45) is 1.34. The highest BCUT2D eigenvalue weighted by Crippen LogP contribution is 2.30. The highest BCUT2D eigenvalue weighted by Gasteiger charge is 2.36. The largest absolute Gasteiger partial charge is 0.493 e. The second-order valence-electron chi connectivity index (χ2n) is 6.21. The number of nitrogens with one attached hydrogen (secondary N) is 1. The summed E-state index contributed by atoms with van der Waals surface area (Å²) in [7, 11) is 2.65. The maximum Gasteiger partial charge on any atom is 0.343 e. The Morgan fingerprint density at radius 1 is 1.06 bits per heavy atom. The monoisotopic (exact) mass is 488 g/mol. The zero-order chi connectivity index (χ0) is 22.5. The number of hydrogen-bond acceptors (Lipinski definition) is 7. The van der Waals surface area contributed by atoms with Gasteiger partial charge in [-0.3, -0.25) is 14.9 Å². The summed E-state index contributed by atoms with van der Waals surface area (Å²) in [6, 6.07) is 10.3. The summed E-state index contributed by atoms with van der Waals surface area (Å²) in [4.78, 5) is 49.6. The third kappa shape index (κ3) is 4.92. The molecule has 2 aromatic rings. The van der Waals surface area contributed by atoms with Gasteiger partial charge in [0.2, 0.25) is 0 Å². The maximum atomic E-state index is 12.9. The Labute approximate surface area is 185 Å². The molecule has 2 aromatic carbocycles. The molecule has 160 valence electrons. The number of urea groups is 1. The Bertz CT molecular complexity index is 1080. The van der Waals surface area contributed by atoms with Crippen LogP contribution in [0.3, 0.4) is 0 Å². The molecule has 1 N–H and O–H groups in total. The highest BCUT2D eigenvalue weighted by atomic mass is 79.9.